The van der Waals surface area contributed by atoms with Gasteiger partial charge in [-0.15, -0.1) is 0 Å². The largest absolute Gasteiger partial charge is 0.387 e. The third-order valence-corrected chi connectivity index (χ3v) is 2.73. The molecule has 0 aromatic carbocycles. The Labute approximate surface area is 98.1 Å². The van der Waals surface area contributed by atoms with Gasteiger partial charge >= 0.3 is 0 Å². The van der Waals surface area contributed by atoms with Gasteiger partial charge in [-0.3, -0.25) is 4.98 Å². The zero-order valence-electron chi connectivity index (χ0n) is 10.5. The third kappa shape index (κ3) is 3.49. The van der Waals surface area contributed by atoms with Crippen molar-refractivity contribution in [3.05, 3.63) is 24.0 Å². The number of hydrogen-bond donors (Lipinski definition) is 1. The molecule has 3 heteroatoms. The lowest BCUT2D eigenvalue weighted by Gasteiger charge is -2.22. The summed E-state index contributed by atoms with van der Waals surface area (Å²) < 4.78 is 0. The topological polar surface area (TPSA) is 36.4 Å². The van der Waals surface area contributed by atoms with Gasteiger partial charge in [-0.1, -0.05) is 13.3 Å². The van der Waals surface area contributed by atoms with Crippen molar-refractivity contribution in [1.29, 1.82) is 0 Å². The van der Waals surface area contributed by atoms with Crippen LogP contribution in [0, 0.1) is 0 Å². The fraction of sp³-hybridized carbons (Fsp3) is 0.615. The van der Waals surface area contributed by atoms with Gasteiger partial charge in [0.25, 0.3) is 0 Å². The van der Waals surface area contributed by atoms with E-state index in [4.69, 9.17) is 0 Å². The van der Waals surface area contributed by atoms with E-state index in [1.54, 1.807) is 6.92 Å². The monoisotopic (exact) mass is 222 g/mol. The van der Waals surface area contributed by atoms with Gasteiger partial charge in [0, 0.05) is 13.1 Å². The number of nitrogens with zero attached hydrogens (tertiary/aromatic N) is 2. The van der Waals surface area contributed by atoms with Crippen LogP contribution in [0.4, 0.5) is 5.69 Å². The van der Waals surface area contributed by atoms with E-state index in [1.165, 1.54) is 12.8 Å². The van der Waals surface area contributed by atoms with Gasteiger partial charge in [0.15, 0.2) is 0 Å². The standard InChI is InChI=1S/C13H22N2O/c1-4-6-9-15(5-2)12-7-8-13(11(3)16)14-10-12/h7-8,10-11,16H,4-6,9H2,1-3H3/t11-/m1/s1. The first-order valence-electron chi connectivity index (χ1n) is 6.08. The molecule has 0 aliphatic carbocycles. The minimum Gasteiger partial charge on any atom is -0.387 e. The summed E-state index contributed by atoms with van der Waals surface area (Å²) in [7, 11) is 0. The van der Waals surface area contributed by atoms with E-state index in [9.17, 15) is 5.11 Å². The summed E-state index contributed by atoms with van der Waals surface area (Å²) in [6.07, 6.45) is 3.77. The van der Waals surface area contributed by atoms with Crippen LogP contribution in [0.15, 0.2) is 18.3 Å². The van der Waals surface area contributed by atoms with Crippen molar-refractivity contribution >= 4 is 5.69 Å². The number of aromatic nitrogens is 1. The van der Waals surface area contributed by atoms with Gasteiger partial charge in [0.2, 0.25) is 0 Å². The summed E-state index contributed by atoms with van der Waals surface area (Å²) in [5, 5.41) is 9.38. The van der Waals surface area contributed by atoms with Crippen molar-refractivity contribution in [2.75, 3.05) is 18.0 Å². The Kier molecular flexibility index (Phi) is 5.26. The first-order chi connectivity index (χ1) is 7.69. The minimum atomic E-state index is -0.486. The maximum absolute atomic E-state index is 9.38. The van der Waals surface area contributed by atoms with Crippen LogP contribution in [0.2, 0.25) is 0 Å². The molecule has 16 heavy (non-hydrogen) atoms. The molecule has 1 atom stereocenters. The lowest BCUT2D eigenvalue weighted by Crippen LogP contribution is -2.23. The molecule has 0 aliphatic heterocycles. The van der Waals surface area contributed by atoms with Gasteiger partial charge in [-0.25, -0.2) is 0 Å². The summed E-state index contributed by atoms with van der Waals surface area (Å²) in [6, 6.07) is 3.93. The molecule has 0 amide bonds. The Morgan fingerprint density at radius 3 is 2.56 bits per heavy atom. The van der Waals surface area contributed by atoms with Crippen LogP contribution in [0.25, 0.3) is 0 Å². The average Bonchev–Trinajstić information content (AvgIpc) is 2.30. The second-order valence-electron chi connectivity index (χ2n) is 4.05. The number of rotatable bonds is 6. The van der Waals surface area contributed by atoms with E-state index in [0.29, 0.717) is 0 Å². The molecule has 0 bridgehead atoms. The lowest BCUT2D eigenvalue weighted by molar-refractivity contribution is 0.194. The van der Waals surface area contributed by atoms with Crippen molar-refractivity contribution in [1.82, 2.24) is 4.98 Å². The van der Waals surface area contributed by atoms with E-state index in [0.717, 1.165) is 24.5 Å². The molecule has 0 spiro atoms. The van der Waals surface area contributed by atoms with Gasteiger partial charge in [0.05, 0.1) is 23.7 Å². The molecule has 1 N–H and O–H groups in total. The van der Waals surface area contributed by atoms with Gasteiger partial charge < -0.3 is 10.0 Å². The highest BCUT2D eigenvalue weighted by molar-refractivity contribution is 5.44. The van der Waals surface area contributed by atoms with Crippen LogP contribution in [0.1, 0.15) is 45.4 Å². The molecule has 0 fully saturated rings. The van der Waals surface area contributed by atoms with Crippen molar-refractivity contribution in [2.24, 2.45) is 0 Å². The molecule has 0 saturated carbocycles. The number of unbranched alkanes of at least 4 members (excludes halogenated alkanes) is 1. The summed E-state index contributed by atoms with van der Waals surface area (Å²) in [4.78, 5) is 6.57. The summed E-state index contributed by atoms with van der Waals surface area (Å²) in [5.41, 5.74) is 1.87. The maximum atomic E-state index is 9.38. The molecule has 90 valence electrons. The molecule has 1 heterocycles. The smallest absolute Gasteiger partial charge is 0.0931 e. The van der Waals surface area contributed by atoms with E-state index < -0.39 is 6.10 Å². The van der Waals surface area contributed by atoms with Crippen LogP contribution in [-0.2, 0) is 0 Å². The summed E-state index contributed by atoms with van der Waals surface area (Å²) >= 11 is 0. The van der Waals surface area contributed by atoms with Crippen LogP contribution < -0.4 is 4.90 Å². The average molecular weight is 222 g/mol. The number of pyridine rings is 1. The minimum absolute atomic E-state index is 0.486. The Morgan fingerprint density at radius 2 is 2.12 bits per heavy atom. The normalized spacial score (nSPS) is 12.5. The number of aliphatic hydroxyl groups excluding tert-OH is 1. The summed E-state index contributed by atoms with van der Waals surface area (Å²) in [6.45, 7) is 8.15. The van der Waals surface area contributed by atoms with Crippen molar-refractivity contribution < 1.29 is 5.11 Å². The molecular formula is C13H22N2O. The molecular weight excluding hydrogens is 200 g/mol. The van der Waals surface area contributed by atoms with Gasteiger partial charge in [0.1, 0.15) is 0 Å². The molecule has 0 radical (unpaired) electrons. The second kappa shape index (κ2) is 6.48. The number of hydrogen-bond acceptors (Lipinski definition) is 3. The fourth-order valence-electron chi connectivity index (χ4n) is 1.65. The van der Waals surface area contributed by atoms with Crippen molar-refractivity contribution in [3.8, 4) is 0 Å². The summed E-state index contributed by atoms with van der Waals surface area (Å²) in [5.74, 6) is 0. The first kappa shape index (κ1) is 13.0. The van der Waals surface area contributed by atoms with Crippen LogP contribution in [-0.4, -0.2) is 23.2 Å². The lowest BCUT2D eigenvalue weighted by atomic mass is 10.2. The highest BCUT2D eigenvalue weighted by atomic mass is 16.3. The second-order valence-corrected chi connectivity index (χ2v) is 4.05. The molecule has 0 aliphatic rings. The molecule has 3 nitrogen and oxygen atoms in total. The van der Waals surface area contributed by atoms with E-state index >= 15 is 0 Å². The Hall–Kier alpha value is -1.09. The molecule has 0 unspecified atom stereocenters. The Morgan fingerprint density at radius 1 is 1.38 bits per heavy atom. The zero-order chi connectivity index (χ0) is 12.0. The maximum Gasteiger partial charge on any atom is 0.0931 e. The van der Waals surface area contributed by atoms with Gasteiger partial charge in [-0.2, -0.15) is 0 Å². The molecule has 1 rings (SSSR count). The third-order valence-electron chi connectivity index (χ3n) is 2.73. The number of aliphatic hydroxyl groups is 1. The number of anilines is 1. The van der Waals surface area contributed by atoms with E-state index in [1.807, 2.05) is 18.3 Å². The Bertz CT molecular complexity index is 295. The molecule has 1 aromatic heterocycles. The van der Waals surface area contributed by atoms with Gasteiger partial charge in [-0.05, 0) is 32.4 Å². The molecule has 1 aromatic rings. The predicted octanol–water partition coefficient (Wildman–Crippen LogP) is 2.76. The van der Waals surface area contributed by atoms with Crippen molar-refractivity contribution in [2.45, 2.75) is 39.7 Å². The quantitative estimate of drug-likeness (QED) is 0.804. The highest BCUT2D eigenvalue weighted by Crippen LogP contribution is 2.16. The van der Waals surface area contributed by atoms with E-state index in [-0.39, 0.29) is 0 Å². The van der Waals surface area contributed by atoms with Crippen LogP contribution in [0.3, 0.4) is 0 Å². The first-order valence-corrected chi connectivity index (χ1v) is 6.08. The van der Waals surface area contributed by atoms with E-state index in [2.05, 4.69) is 23.7 Å². The zero-order valence-corrected chi connectivity index (χ0v) is 10.5. The molecule has 0 saturated heterocycles. The Balaban J connectivity index is 2.70. The van der Waals surface area contributed by atoms with Crippen LogP contribution >= 0.6 is 0 Å². The van der Waals surface area contributed by atoms with Crippen LogP contribution in [0.5, 0.6) is 0 Å². The predicted molar refractivity (Wildman–Crippen MR) is 67.7 cm³/mol. The highest BCUT2D eigenvalue weighted by Gasteiger charge is 2.06. The SMILES string of the molecule is CCCCN(CC)c1ccc([C@@H](C)O)nc1. The fourth-order valence-corrected chi connectivity index (χ4v) is 1.65. The van der Waals surface area contributed by atoms with Crippen molar-refractivity contribution in [3.63, 3.8) is 0 Å².